The fourth-order valence-electron chi connectivity index (χ4n) is 3.83. The van der Waals surface area contributed by atoms with Crippen molar-refractivity contribution in [3.05, 3.63) is 72.9 Å². The molecule has 0 saturated heterocycles. The predicted molar refractivity (Wildman–Crippen MR) is 143 cm³/mol. The SMILES string of the molecule is CCN(CC)CCNC(=O)Nc1cc(Nc2cccc3c2ccn3C(=O)Nc2ccc(F)cc2)ncn1. The third kappa shape index (κ3) is 6.58. The summed E-state index contributed by atoms with van der Waals surface area (Å²) in [4.78, 5) is 35.6. The summed E-state index contributed by atoms with van der Waals surface area (Å²) in [5.41, 5.74) is 1.88. The van der Waals surface area contributed by atoms with Crippen LogP contribution in [0.2, 0.25) is 0 Å². The van der Waals surface area contributed by atoms with Crippen LogP contribution in [0.3, 0.4) is 0 Å². The number of rotatable bonds is 9. The van der Waals surface area contributed by atoms with Crippen LogP contribution in [0.4, 0.5) is 37.0 Å². The highest BCUT2D eigenvalue weighted by molar-refractivity contribution is 6.02. The zero-order chi connectivity index (χ0) is 26.2. The molecule has 4 aromatic rings. The van der Waals surface area contributed by atoms with E-state index in [9.17, 15) is 14.0 Å². The highest BCUT2D eigenvalue weighted by Crippen LogP contribution is 2.27. The van der Waals surface area contributed by atoms with Gasteiger partial charge in [0.1, 0.15) is 23.8 Å². The number of halogens is 1. The van der Waals surface area contributed by atoms with Gasteiger partial charge in [-0.05, 0) is 55.6 Å². The molecule has 2 aromatic heterocycles. The third-order valence-corrected chi connectivity index (χ3v) is 5.83. The number of aromatic nitrogens is 3. The topological polar surface area (TPSA) is 116 Å². The molecular weight excluding hydrogens is 475 g/mol. The van der Waals surface area contributed by atoms with Crippen molar-refractivity contribution >= 4 is 46.0 Å². The van der Waals surface area contributed by atoms with Crippen molar-refractivity contribution in [2.24, 2.45) is 0 Å². The van der Waals surface area contributed by atoms with Crippen LogP contribution in [-0.2, 0) is 0 Å². The van der Waals surface area contributed by atoms with Gasteiger partial charge in [0.15, 0.2) is 0 Å². The maximum absolute atomic E-state index is 13.2. The standard InChI is InChI=1S/C26H29FN8O2/c1-3-34(4-2)15-13-28-25(36)33-24-16-23(29-17-30-24)32-21-6-5-7-22-20(21)12-14-35(22)26(37)31-19-10-8-18(27)9-11-19/h5-12,14,16-17H,3-4,13,15H2,1-2H3,(H,31,37)(H3,28,29,30,32,33,36). The molecule has 0 atom stereocenters. The van der Waals surface area contributed by atoms with Gasteiger partial charge in [-0.15, -0.1) is 0 Å². The summed E-state index contributed by atoms with van der Waals surface area (Å²) >= 11 is 0. The Morgan fingerprint density at radius 3 is 2.49 bits per heavy atom. The summed E-state index contributed by atoms with van der Waals surface area (Å²) in [6.07, 6.45) is 3.01. The molecule has 0 saturated carbocycles. The molecule has 0 aliphatic rings. The van der Waals surface area contributed by atoms with E-state index in [2.05, 4.69) is 50.0 Å². The number of hydrogen-bond acceptors (Lipinski definition) is 6. The van der Waals surface area contributed by atoms with E-state index in [-0.39, 0.29) is 17.9 Å². The number of urea groups is 1. The highest BCUT2D eigenvalue weighted by atomic mass is 19.1. The van der Waals surface area contributed by atoms with E-state index in [1.807, 2.05) is 24.3 Å². The first-order chi connectivity index (χ1) is 18.0. The minimum absolute atomic E-state index is 0.344. The predicted octanol–water partition coefficient (Wildman–Crippen LogP) is 4.86. The van der Waals surface area contributed by atoms with E-state index in [4.69, 9.17) is 0 Å². The number of anilines is 4. The molecule has 0 aliphatic heterocycles. The number of fused-ring (bicyclic) bond motifs is 1. The Morgan fingerprint density at radius 1 is 0.973 bits per heavy atom. The van der Waals surface area contributed by atoms with Crippen molar-refractivity contribution in [3.8, 4) is 0 Å². The van der Waals surface area contributed by atoms with E-state index in [0.29, 0.717) is 29.4 Å². The highest BCUT2D eigenvalue weighted by Gasteiger charge is 2.13. The van der Waals surface area contributed by atoms with Crippen molar-refractivity contribution in [1.29, 1.82) is 0 Å². The van der Waals surface area contributed by atoms with Gasteiger partial charge in [-0.25, -0.2) is 23.9 Å². The molecule has 0 spiro atoms. The number of nitrogens with zero attached hydrogens (tertiary/aromatic N) is 4. The molecule has 4 rings (SSSR count). The normalized spacial score (nSPS) is 10.9. The molecule has 10 nitrogen and oxygen atoms in total. The van der Waals surface area contributed by atoms with Crippen LogP contribution >= 0.6 is 0 Å². The van der Waals surface area contributed by atoms with Gasteiger partial charge in [-0.3, -0.25) is 9.88 Å². The number of hydrogen-bond donors (Lipinski definition) is 4. The maximum Gasteiger partial charge on any atom is 0.330 e. The second-order valence-electron chi connectivity index (χ2n) is 8.18. The quantitative estimate of drug-likeness (QED) is 0.259. The average Bonchev–Trinajstić information content (AvgIpc) is 3.34. The molecule has 192 valence electrons. The summed E-state index contributed by atoms with van der Waals surface area (Å²) in [6.45, 7) is 7.31. The largest absolute Gasteiger partial charge is 0.340 e. The lowest BCUT2D eigenvalue weighted by atomic mass is 10.2. The minimum Gasteiger partial charge on any atom is -0.340 e. The smallest absolute Gasteiger partial charge is 0.330 e. The Balaban J connectivity index is 1.42. The molecule has 37 heavy (non-hydrogen) atoms. The van der Waals surface area contributed by atoms with Gasteiger partial charge in [-0.2, -0.15) is 0 Å². The molecule has 2 aromatic carbocycles. The summed E-state index contributed by atoms with van der Waals surface area (Å²) in [7, 11) is 0. The average molecular weight is 505 g/mol. The Labute approximate surface area is 213 Å². The Bertz CT molecular complexity index is 1370. The molecule has 3 amide bonds. The summed E-state index contributed by atoms with van der Waals surface area (Å²) in [6, 6.07) is 13.8. The van der Waals surface area contributed by atoms with Crippen LogP contribution < -0.4 is 21.3 Å². The van der Waals surface area contributed by atoms with Crippen LogP contribution in [-0.4, -0.2) is 57.7 Å². The van der Waals surface area contributed by atoms with E-state index >= 15 is 0 Å². The fraction of sp³-hybridized carbons (Fsp3) is 0.231. The fourth-order valence-corrected chi connectivity index (χ4v) is 3.83. The number of amides is 3. The molecular formula is C26H29FN8O2. The second-order valence-corrected chi connectivity index (χ2v) is 8.18. The van der Waals surface area contributed by atoms with Gasteiger partial charge >= 0.3 is 12.1 Å². The third-order valence-electron chi connectivity index (χ3n) is 5.83. The molecule has 0 bridgehead atoms. The monoisotopic (exact) mass is 504 g/mol. The van der Waals surface area contributed by atoms with Gasteiger partial charge in [0.2, 0.25) is 0 Å². The van der Waals surface area contributed by atoms with Crippen molar-refractivity contribution < 1.29 is 14.0 Å². The van der Waals surface area contributed by atoms with Gasteiger partial charge < -0.3 is 20.9 Å². The van der Waals surface area contributed by atoms with Gasteiger partial charge in [0, 0.05) is 42.1 Å². The Kier molecular flexibility index (Phi) is 8.26. The molecule has 2 heterocycles. The summed E-state index contributed by atoms with van der Waals surface area (Å²) in [5, 5.41) is 12.3. The van der Waals surface area contributed by atoms with Gasteiger partial charge in [-0.1, -0.05) is 19.9 Å². The minimum atomic E-state index is -0.376. The maximum atomic E-state index is 13.2. The molecule has 11 heteroatoms. The van der Waals surface area contributed by atoms with E-state index < -0.39 is 0 Å². The summed E-state index contributed by atoms with van der Waals surface area (Å²) < 4.78 is 14.6. The number of likely N-dealkylation sites (N-methyl/N-ethyl adjacent to an activating group) is 1. The van der Waals surface area contributed by atoms with Gasteiger partial charge in [0.25, 0.3) is 0 Å². The number of carbonyl (C=O) groups is 2. The molecule has 0 fully saturated rings. The van der Waals surface area contributed by atoms with Crippen molar-refractivity contribution in [1.82, 2.24) is 24.8 Å². The molecule has 0 radical (unpaired) electrons. The van der Waals surface area contributed by atoms with Crippen LogP contribution in [0.25, 0.3) is 10.9 Å². The van der Waals surface area contributed by atoms with Crippen molar-refractivity contribution in [2.75, 3.05) is 42.1 Å². The molecule has 4 N–H and O–H groups in total. The lowest BCUT2D eigenvalue weighted by Gasteiger charge is -2.18. The Morgan fingerprint density at radius 2 is 1.73 bits per heavy atom. The first-order valence-corrected chi connectivity index (χ1v) is 12.0. The first kappa shape index (κ1) is 25.6. The zero-order valence-electron chi connectivity index (χ0n) is 20.7. The van der Waals surface area contributed by atoms with E-state index in [1.54, 1.807) is 12.3 Å². The lowest BCUT2D eigenvalue weighted by Crippen LogP contribution is -2.37. The van der Waals surface area contributed by atoms with E-state index in [0.717, 1.165) is 30.7 Å². The second kappa shape index (κ2) is 12.0. The molecule has 0 unspecified atom stereocenters. The van der Waals surface area contributed by atoms with Crippen LogP contribution in [0.15, 0.2) is 67.1 Å². The lowest BCUT2D eigenvalue weighted by molar-refractivity contribution is 0.247. The van der Waals surface area contributed by atoms with Crippen LogP contribution in [0, 0.1) is 5.82 Å². The zero-order valence-corrected chi connectivity index (χ0v) is 20.7. The number of carbonyl (C=O) groups excluding carboxylic acids is 2. The Hall–Kier alpha value is -4.51. The van der Waals surface area contributed by atoms with E-state index in [1.165, 1.54) is 35.2 Å². The van der Waals surface area contributed by atoms with Crippen molar-refractivity contribution in [3.63, 3.8) is 0 Å². The van der Waals surface area contributed by atoms with Crippen LogP contribution in [0.5, 0.6) is 0 Å². The van der Waals surface area contributed by atoms with Crippen LogP contribution in [0.1, 0.15) is 13.8 Å². The number of benzene rings is 2. The molecule has 0 aliphatic carbocycles. The summed E-state index contributed by atoms with van der Waals surface area (Å²) in [5.74, 6) is 0.449. The van der Waals surface area contributed by atoms with Gasteiger partial charge in [0.05, 0.1) is 5.52 Å². The van der Waals surface area contributed by atoms with Crippen molar-refractivity contribution in [2.45, 2.75) is 13.8 Å². The number of nitrogens with one attached hydrogen (secondary N) is 4. The first-order valence-electron chi connectivity index (χ1n) is 12.0.